The third kappa shape index (κ3) is 4.50. The fourth-order valence-electron chi connectivity index (χ4n) is 1.61. The Morgan fingerprint density at radius 3 is 2.76 bits per heavy atom. The lowest BCUT2D eigenvalue weighted by Gasteiger charge is -2.11. The van der Waals surface area contributed by atoms with E-state index in [9.17, 15) is 4.79 Å². The average Bonchev–Trinajstić information content (AvgIpc) is 2.30. The first-order valence-electron chi connectivity index (χ1n) is 5.51. The maximum Gasteiger partial charge on any atom is 0.306 e. The summed E-state index contributed by atoms with van der Waals surface area (Å²) in [7, 11) is 0. The van der Waals surface area contributed by atoms with Crippen LogP contribution in [0, 0.1) is 17.8 Å². The molecule has 2 nitrogen and oxygen atoms in total. The predicted octanol–water partition coefficient (Wildman–Crippen LogP) is 3.39. The highest BCUT2D eigenvalue weighted by Crippen LogP contribution is 2.21. The van der Waals surface area contributed by atoms with E-state index in [1.807, 2.05) is 18.2 Å². The highest BCUT2D eigenvalue weighted by molar-refractivity contribution is 6.31. The molecule has 3 heteroatoms. The van der Waals surface area contributed by atoms with E-state index in [2.05, 4.69) is 11.8 Å². The SMILES string of the molecule is CC#CCCC(Cc1ccccc1Cl)C(=O)O. The van der Waals surface area contributed by atoms with Crippen LogP contribution in [0.2, 0.25) is 5.02 Å². The summed E-state index contributed by atoms with van der Waals surface area (Å²) in [5, 5.41) is 9.76. The molecule has 1 N–H and O–H groups in total. The van der Waals surface area contributed by atoms with Gasteiger partial charge in [0.25, 0.3) is 0 Å². The Bertz CT molecular complexity index is 443. The van der Waals surface area contributed by atoms with E-state index in [4.69, 9.17) is 16.7 Å². The molecule has 0 amide bonds. The summed E-state index contributed by atoms with van der Waals surface area (Å²) in [5.41, 5.74) is 0.881. The van der Waals surface area contributed by atoms with E-state index in [0.717, 1.165) is 5.56 Å². The fourth-order valence-corrected chi connectivity index (χ4v) is 1.83. The number of carbonyl (C=O) groups is 1. The molecule has 0 radical (unpaired) electrons. The lowest BCUT2D eigenvalue weighted by molar-refractivity contribution is -0.141. The second-order valence-electron chi connectivity index (χ2n) is 3.80. The van der Waals surface area contributed by atoms with Crippen molar-refractivity contribution in [3.05, 3.63) is 34.9 Å². The van der Waals surface area contributed by atoms with Crippen molar-refractivity contribution in [2.45, 2.75) is 26.2 Å². The van der Waals surface area contributed by atoms with Gasteiger partial charge in [-0.15, -0.1) is 11.8 Å². The molecule has 90 valence electrons. The number of hydrogen-bond donors (Lipinski definition) is 1. The van der Waals surface area contributed by atoms with Crippen LogP contribution in [0.5, 0.6) is 0 Å². The largest absolute Gasteiger partial charge is 0.481 e. The summed E-state index contributed by atoms with van der Waals surface area (Å²) in [6.07, 6.45) is 1.62. The van der Waals surface area contributed by atoms with Crippen LogP contribution < -0.4 is 0 Å². The van der Waals surface area contributed by atoms with Gasteiger partial charge in [0.05, 0.1) is 5.92 Å². The summed E-state index contributed by atoms with van der Waals surface area (Å²) in [4.78, 5) is 11.1. The topological polar surface area (TPSA) is 37.3 Å². The van der Waals surface area contributed by atoms with Crippen LogP contribution in [0.15, 0.2) is 24.3 Å². The first-order valence-corrected chi connectivity index (χ1v) is 5.88. The van der Waals surface area contributed by atoms with Crippen LogP contribution in [-0.2, 0) is 11.2 Å². The van der Waals surface area contributed by atoms with Crippen molar-refractivity contribution < 1.29 is 9.90 Å². The molecule has 0 aliphatic rings. The van der Waals surface area contributed by atoms with Crippen molar-refractivity contribution in [3.8, 4) is 11.8 Å². The standard InChI is InChI=1S/C14H15ClO2/c1-2-3-4-8-12(14(16)17)10-11-7-5-6-9-13(11)15/h5-7,9,12H,4,8,10H2,1H3,(H,16,17). The van der Waals surface area contributed by atoms with Gasteiger partial charge in [0.15, 0.2) is 0 Å². The molecule has 1 unspecified atom stereocenters. The normalized spacial score (nSPS) is 11.4. The number of carboxylic acid groups (broad SMARTS) is 1. The highest BCUT2D eigenvalue weighted by atomic mass is 35.5. The summed E-state index contributed by atoms with van der Waals surface area (Å²) in [6.45, 7) is 1.75. The van der Waals surface area contributed by atoms with Gasteiger partial charge in [0.1, 0.15) is 0 Å². The number of carboxylic acids is 1. The van der Waals surface area contributed by atoms with Crippen molar-refractivity contribution in [2.24, 2.45) is 5.92 Å². The van der Waals surface area contributed by atoms with Gasteiger partial charge in [-0.2, -0.15) is 0 Å². The minimum atomic E-state index is -0.789. The van der Waals surface area contributed by atoms with Gasteiger partial charge < -0.3 is 5.11 Å². The Hall–Kier alpha value is -1.46. The van der Waals surface area contributed by atoms with E-state index >= 15 is 0 Å². The molecule has 1 aromatic rings. The molecule has 0 bridgehead atoms. The second-order valence-corrected chi connectivity index (χ2v) is 4.20. The minimum Gasteiger partial charge on any atom is -0.481 e. The zero-order chi connectivity index (χ0) is 12.7. The van der Waals surface area contributed by atoms with Crippen molar-refractivity contribution in [1.29, 1.82) is 0 Å². The van der Waals surface area contributed by atoms with E-state index < -0.39 is 11.9 Å². The summed E-state index contributed by atoms with van der Waals surface area (Å²) >= 11 is 6.01. The van der Waals surface area contributed by atoms with E-state index in [1.54, 1.807) is 13.0 Å². The van der Waals surface area contributed by atoms with Crippen molar-refractivity contribution >= 4 is 17.6 Å². The Balaban J connectivity index is 2.69. The minimum absolute atomic E-state index is 0.421. The van der Waals surface area contributed by atoms with Gasteiger partial charge in [0, 0.05) is 11.4 Å². The Morgan fingerprint density at radius 2 is 2.18 bits per heavy atom. The van der Waals surface area contributed by atoms with Crippen molar-refractivity contribution in [3.63, 3.8) is 0 Å². The molecular formula is C14H15ClO2. The van der Waals surface area contributed by atoms with Gasteiger partial charge in [-0.3, -0.25) is 4.79 Å². The molecule has 1 aromatic carbocycles. The first kappa shape index (κ1) is 13.6. The van der Waals surface area contributed by atoms with Gasteiger partial charge in [-0.05, 0) is 31.4 Å². The van der Waals surface area contributed by atoms with E-state index in [-0.39, 0.29) is 0 Å². The van der Waals surface area contributed by atoms with Gasteiger partial charge in [0.2, 0.25) is 0 Å². The fraction of sp³-hybridized carbons (Fsp3) is 0.357. The third-order valence-corrected chi connectivity index (χ3v) is 2.94. The molecule has 0 fully saturated rings. The molecule has 17 heavy (non-hydrogen) atoms. The quantitative estimate of drug-likeness (QED) is 0.814. The maximum absolute atomic E-state index is 11.1. The first-order chi connectivity index (χ1) is 8.15. The van der Waals surface area contributed by atoms with Gasteiger partial charge >= 0.3 is 5.97 Å². The predicted molar refractivity (Wildman–Crippen MR) is 69.0 cm³/mol. The Labute approximate surface area is 107 Å². The van der Waals surface area contributed by atoms with E-state index in [0.29, 0.717) is 24.3 Å². The zero-order valence-corrected chi connectivity index (χ0v) is 10.5. The van der Waals surface area contributed by atoms with E-state index in [1.165, 1.54) is 0 Å². The summed E-state index contributed by atoms with van der Waals surface area (Å²) < 4.78 is 0. The van der Waals surface area contributed by atoms with Crippen LogP contribution in [-0.4, -0.2) is 11.1 Å². The van der Waals surface area contributed by atoms with Crippen molar-refractivity contribution in [2.75, 3.05) is 0 Å². The van der Waals surface area contributed by atoms with Crippen LogP contribution in [0.4, 0.5) is 0 Å². The van der Waals surface area contributed by atoms with Crippen molar-refractivity contribution in [1.82, 2.24) is 0 Å². The molecule has 0 heterocycles. The maximum atomic E-state index is 11.1. The smallest absolute Gasteiger partial charge is 0.306 e. The number of halogens is 1. The number of benzene rings is 1. The lowest BCUT2D eigenvalue weighted by Crippen LogP contribution is -2.16. The van der Waals surface area contributed by atoms with Crippen LogP contribution in [0.3, 0.4) is 0 Å². The van der Waals surface area contributed by atoms with Crippen LogP contribution in [0.25, 0.3) is 0 Å². The highest BCUT2D eigenvalue weighted by Gasteiger charge is 2.18. The molecule has 0 aromatic heterocycles. The summed E-state index contributed by atoms with van der Waals surface area (Å²) in [6, 6.07) is 7.35. The molecule has 0 aliphatic heterocycles. The third-order valence-electron chi connectivity index (χ3n) is 2.57. The summed E-state index contributed by atoms with van der Waals surface area (Å²) in [5.74, 6) is 4.45. The Morgan fingerprint density at radius 1 is 1.47 bits per heavy atom. The number of aliphatic carboxylic acids is 1. The molecule has 0 spiro atoms. The zero-order valence-electron chi connectivity index (χ0n) is 9.74. The van der Waals surface area contributed by atoms with Crippen LogP contribution >= 0.6 is 11.6 Å². The van der Waals surface area contributed by atoms with Gasteiger partial charge in [-0.1, -0.05) is 29.8 Å². The molecule has 0 aliphatic carbocycles. The molecule has 0 saturated heterocycles. The van der Waals surface area contributed by atoms with Crippen LogP contribution in [0.1, 0.15) is 25.3 Å². The number of hydrogen-bond acceptors (Lipinski definition) is 1. The molecule has 0 saturated carbocycles. The van der Waals surface area contributed by atoms with Gasteiger partial charge in [-0.25, -0.2) is 0 Å². The monoisotopic (exact) mass is 250 g/mol. The average molecular weight is 251 g/mol. The second kappa shape index (κ2) is 6.98. The Kier molecular flexibility index (Phi) is 5.59. The molecular weight excluding hydrogens is 236 g/mol. The molecule has 1 atom stereocenters. The molecule has 1 rings (SSSR count). The number of rotatable bonds is 5. The lowest BCUT2D eigenvalue weighted by atomic mass is 9.95.